The first-order chi connectivity index (χ1) is 8.47. The van der Waals surface area contributed by atoms with E-state index >= 15 is 0 Å². The number of hydrogen-bond donors (Lipinski definition) is 0. The molecule has 0 saturated carbocycles. The third-order valence-electron chi connectivity index (χ3n) is 2.42. The van der Waals surface area contributed by atoms with Crippen LogP contribution >= 0.6 is 0 Å². The van der Waals surface area contributed by atoms with Crippen LogP contribution in [0.15, 0.2) is 33.5 Å². The highest BCUT2D eigenvalue weighted by Crippen LogP contribution is 2.22. The maximum absolute atomic E-state index is 11.2. The van der Waals surface area contributed by atoms with Gasteiger partial charge in [-0.1, -0.05) is 0 Å². The fourth-order valence-electron chi connectivity index (χ4n) is 1.55. The Morgan fingerprint density at radius 2 is 1.94 bits per heavy atom. The first kappa shape index (κ1) is 12.0. The summed E-state index contributed by atoms with van der Waals surface area (Å²) >= 11 is 0. The Bertz CT molecular complexity index is 696. The fourth-order valence-corrected chi connectivity index (χ4v) is 1.55. The van der Waals surface area contributed by atoms with E-state index in [9.17, 15) is 14.4 Å². The van der Waals surface area contributed by atoms with E-state index < -0.39 is 17.4 Å². The summed E-state index contributed by atoms with van der Waals surface area (Å²) < 4.78 is 9.81. The molecule has 0 atom stereocenters. The van der Waals surface area contributed by atoms with Crippen molar-refractivity contribution < 1.29 is 18.7 Å². The topological polar surface area (TPSA) is 73.6 Å². The number of benzene rings is 1. The standard InChI is InChI=1S/C13H10O5/c1-7-5-12(15)18-11-6-9(3-4-10(7)11)17-13(16)8(2)14/h3-6H,1-2H3. The smallest absolute Gasteiger partial charge is 0.379 e. The van der Waals surface area contributed by atoms with Crippen LogP contribution in [0.3, 0.4) is 0 Å². The van der Waals surface area contributed by atoms with Crippen LogP contribution < -0.4 is 10.4 Å². The summed E-state index contributed by atoms with van der Waals surface area (Å²) in [5.41, 5.74) is 0.606. The van der Waals surface area contributed by atoms with Gasteiger partial charge in [0.05, 0.1) is 0 Å². The molecule has 1 heterocycles. The average molecular weight is 246 g/mol. The molecule has 18 heavy (non-hydrogen) atoms. The molecule has 0 aliphatic rings. The van der Waals surface area contributed by atoms with E-state index in [1.54, 1.807) is 13.0 Å². The minimum absolute atomic E-state index is 0.163. The zero-order valence-electron chi connectivity index (χ0n) is 9.85. The van der Waals surface area contributed by atoms with Crippen LogP contribution in [0.25, 0.3) is 11.0 Å². The van der Waals surface area contributed by atoms with Crippen molar-refractivity contribution in [3.63, 3.8) is 0 Å². The summed E-state index contributed by atoms with van der Waals surface area (Å²) in [6, 6.07) is 5.99. The molecule has 0 fully saturated rings. The Morgan fingerprint density at radius 1 is 1.22 bits per heavy atom. The van der Waals surface area contributed by atoms with E-state index in [-0.39, 0.29) is 5.75 Å². The van der Waals surface area contributed by atoms with Crippen LogP contribution in [0, 0.1) is 6.92 Å². The molecule has 0 spiro atoms. The summed E-state index contributed by atoms with van der Waals surface area (Å²) in [5, 5.41) is 0.747. The third kappa shape index (κ3) is 2.29. The SMILES string of the molecule is CC(=O)C(=O)Oc1ccc2c(C)cc(=O)oc2c1. The van der Waals surface area contributed by atoms with Crippen molar-refractivity contribution in [1.82, 2.24) is 0 Å². The van der Waals surface area contributed by atoms with Crippen molar-refractivity contribution in [3.8, 4) is 5.75 Å². The molecule has 92 valence electrons. The number of fused-ring (bicyclic) bond motifs is 1. The van der Waals surface area contributed by atoms with Crippen LogP contribution in [0.5, 0.6) is 5.75 Å². The number of esters is 1. The summed E-state index contributed by atoms with van der Waals surface area (Å²) in [7, 11) is 0. The average Bonchev–Trinajstić information content (AvgIpc) is 2.27. The van der Waals surface area contributed by atoms with E-state index in [1.165, 1.54) is 18.2 Å². The van der Waals surface area contributed by atoms with Gasteiger partial charge in [-0.2, -0.15) is 0 Å². The second-order valence-electron chi connectivity index (χ2n) is 3.85. The molecule has 5 nitrogen and oxygen atoms in total. The minimum Gasteiger partial charge on any atom is -0.423 e. The van der Waals surface area contributed by atoms with Crippen LogP contribution in [-0.2, 0) is 9.59 Å². The third-order valence-corrected chi connectivity index (χ3v) is 2.42. The molecular weight excluding hydrogens is 236 g/mol. The maximum Gasteiger partial charge on any atom is 0.379 e. The number of Topliss-reactive ketones (excluding diaryl/α,β-unsaturated/α-hetero) is 1. The van der Waals surface area contributed by atoms with E-state index in [0.717, 1.165) is 17.9 Å². The number of rotatable bonds is 2. The van der Waals surface area contributed by atoms with Crippen LogP contribution in [0.2, 0.25) is 0 Å². The second-order valence-corrected chi connectivity index (χ2v) is 3.85. The number of carbonyl (C=O) groups is 2. The van der Waals surface area contributed by atoms with Crippen molar-refractivity contribution in [2.45, 2.75) is 13.8 Å². The Morgan fingerprint density at radius 3 is 2.61 bits per heavy atom. The number of ether oxygens (including phenoxy) is 1. The molecule has 1 aromatic heterocycles. The number of carbonyl (C=O) groups excluding carboxylic acids is 2. The molecule has 2 aromatic rings. The highest BCUT2D eigenvalue weighted by Gasteiger charge is 2.11. The summed E-state index contributed by atoms with van der Waals surface area (Å²) in [6.07, 6.45) is 0. The molecule has 0 N–H and O–H groups in total. The number of aryl methyl sites for hydroxylation is 1. The fraction of sp³-hybridized carbons (Fsp3) is 0.154. The molecule has 0 saturated heterocycles. The van der Waals surface area contributed by atoms with Crippen molar-refractivity contribution in [2.24, 2.45) is 0 Å². The second kappa shape index (κ2) is 4.44. The maximum atomic E-state index is 11.2. The van der Waals surface area contributed by atoms with Gasteiger partial charge in [0.25, 0.3) is 0 Å². The zero-order valence-corrected chi connectivity index (χ0v) is 9.85. The quantitative estimate of drug-likeness (QED) is 0.348. The van der Waals surface area contributed by atoms with Gasteiger partial charge < -0.3 is 9.15 Å². The van der Waals surface area contributed by atoms with Gasteiger partial charge in [0.1, 0.15) is 11.3 Å². The van der Waals surface area contributed by atoms with Crippen LogP contribution in [0.4, 0.5) is 0 Å². The highest BCUT2D eigenvalue weighted by atomic mass is 16.5. The first-order valence-electron chi connectivity index (χ1n) is 5.24. The molecule has 0 amide bonds. The van der Waals surface area contributed by atoms with Gasteiger partial charge in [-0.25, -0.2) is 9.59 Å². The van der Waals surface area contributed by atoms with Crippen molar-refractivity contribution in [2.75, 3.05) is 0 Å². The number of ketones is 1. The molecular formula is C13H10O5. The van der Waals surface area contributed by atoms with E-state index in [0.29, 0.717) is 5.58 Å². The summed E-state index contributed by atoms with van der Waals surface area (Å²) in [5.74, 6) is -1.48. The van der Waals surface area contributed by atoms with Crippen molar-refractivity contribution in [3.05, 3.63) is 40.2 Å². The van der Waals surface area contributed by atoms with Gasteiger partial charge in [0, 0.05) is 24.4 Å². The van der Waals surface area contributed by atoms with Gasteiger partial charge in [-0.15, -0.1) is 0 Å². The molecule has 0 radical (unpaired) electrons. The lowest BCUT2D eigenvalue weighted by Crippen LogP contribution is -2.16. The largest absolute Gasteiger partial charge is 0.423 e. The van der Waals surface area contributed by atoms with Crippen LogP contribution in [0.1, 0.15) is 12.5 Å². The minimum atomic E-state index is -0.954. The van der Waals surface area contributed by atoms with Gasteiger partial charge in [-0.05, 0) is 24.6 Å². The molecule has 5 heteroatoms. The van der Waals surface area contributed by atoms with E-state index in [4.69, 9.17) is 9.15 Å². The highest BCUT2D eigenvalue weighted by molar-refractivity contribution is 6.33. The van der Waals surface area contributed by atoms with Crippen LogP contribution in [-0.4, -0.2) is 11.8 Å². The lowest BCUT2D eigenvalue weighted by atomic mass is 10.1. The Hall–Kier alpha value is -2.43. The Labute approximate surface area is 102 Å². The predicted molar refractivity (Wildman–Crippen MR) is 63.5 cm³/mol. The van der Waals surface area contributed by atoms with E-state index in [1.807, 2.05) is 0 Å². The number of hydrogen-bond acceptors (Lipinski definition) is 5. The van der Waals surface area contributed by atoms with Gasteiger partial charge in [0.15, 0.2) is 0 Å². The summed E-state index contributed by atoms with van der Waals surface area (Å²) in [4.78, 5) is 33.1. The Kier molecular flexibility index (Phi) is 2.97. The zero-order chi connectivity index (χ0) is 13.3. The van der Waals surface area contributed by atoms with Gasteiger partial charge in [0.2, 0.25) is 5.78 Å². The first-order valence-corrected chi connectivity index (χ1v) is 5.24. The predicted octanol–water partition coefficient (Wildman–Crippen LogP) is 1.60. The van der Waals surface area contributed by atoms with Gasteiger partial charge in [-0.3, -0.25) is 4.79 Å². The molecule has 1 aromatic carbocycles. The molecule has 2 rings (SSSR count). The van der Waals surface area contributed by atoms with Crippen molar-refractivity contribution >= 4 is 22.7 Å². The van der Waals surface area contributed by atoms with Gasteiger partial charge >= 0.3 is 11.6 Å². The van der Waals surface area contributed by atoms with Crippen molar-refractivity contribution in [1.29, 1.82) is 0 Å². The molecule has 0 aliphatic heterocycles. The Balaban J connectivity index is 2.47. The lowest BCUT2D eigenvalue weighted by molar-refractivity contribution is -0.146. The van der Waals surface area contributed by atoms with E-state index in [2.05, 4.69) is 0 Å². The summed E-state index contributed by atoms with van der Waals surface area (Å²) in [6.45, 7) is 2.90. The normalized spacial score (nSPS) is 10.3. The molecule has 0 unspecified atom stereocenters. The lowest BCUT2D eigenvalue weighted by Gasteiger charge is -2.04. The molecule has 0 aliphatic carbocycles. The monoisotopic (exact) mass is 246 g/mol. The molecule has 0 bridgehead atoms.